The van der Waals surface area contributed by atoms with E-state index >= 15 is 0 Å². The van der Waals surface area contributed by atoms with E-state index in [1.807, 2.05) is 24.3 Å². The van der Waals surface area contributed by atoms with Crippen LogP contribution in [0.2, 0.25) is 0 Å². The molecule has 144 valence electrons. The van der Waals surface area contributed by atoms with E-state index in [1.165, 1.54) is 16.8 Å². The third-order valence-electron chi connectivity index (χ3n) is 5.78. The number of benzene rings is 2. The second-order valence-electron chi connectivity index (χ2n) is 7.30. The lowest BCUT2D eigenvalue weighted by Gasteiger charge is -2.39. The highest BCUT2D eigenvalue weighted by molar-refractivity contribution is 5.83. The highest BCUT2D eigenvalue weighted by atomic mass is 16.5. The van der Waals surface area contributed by atoms with Crippen LogP contribution in [-0.4, -0.2) is 33.3 Å². The number of piperazine rings is 1. The third kappa shape index (κ3) is 2.97. The monoisotopic (exact) mass is 376 g/mol. The molecule has 1 fully saturated rings. The van der Waals surface area contributed by atoms with Crippen LogP contribution in [0.15, 0.2) is 52.1 Å². The summed E-state index contributed by atoms with van der Waals surface area (Å²) in [6, 6.07) is 13.7. The molecule has 0 radical (unpaired) electrons. The minimum atomic E-state index is -0.392. The number of nitrogens with zero attached hydrogens (tertiary/aromatic N) is 2. The van der Waals surface area contributed by atoms with Crippen molar-refractivity contribution in [1.82, 2.24) is 0 Å². The van der Waals surface area contributed by atoms with Gasteiger partial charge >= 0.3 is 0 Å². The maximum absolute atomic E-state index is 12.3. The number of aryl methyl sites for hydroxylation is 1. The van der Waals surface area contributed by atoms with E-state index in [2.05, 4.69) is 41.8 Å². The van der Waals surface area contributed by atoms with Crippen LogP contribution < -0.4 is 25.4 Å². The first-order valence-electron chi connectivity index (χ1n) is 9.55. The quantitative estimate of drug-likeness (QED) is 0.656. The Labute approximate surface area is 164 Å². The van der Waals surface area contributed by atoms with Gasteiger partial charge in [-0.1, -0.05) is 24.3 Å². The summed E-state index contributed by atoms with van der Waals surface area (Å²) in [7, 11) is 1.60. The molecule has 1 aliphatic heterocycles. The van der Waals surface area contributed by atoms with Crippen LogP contribution >= 0.6 is 0 Å². The molecule has 5 nitrogen and oxygen atoms in total. The van der Waals surface area contributed by atoms with Crippen LogP contribution in [0.3, 0.4) is 0 Å². The van der Waals surface area contributed by atoms with Crippen molar-refractivity contribution in [2.75, 3.05) is 43.1 Å². The predicted octanol–water partition coefficient (Wildman–Crippen LogP) is 2.90. The van der Waals surface area contributed by atoms with Crippen LogP contribution in [0.4, 0.5) is 11.4 Å². The van der Waals surface area contributed by atoms with Crippen LogP contribution in [0, 0.1) is 13.8 Å². The predicted molar refractivity (Wildman–Crippen MR) is 114 cm³/mol. The lowest BCUT2D eigenvalue weighted by atomic mass is 9.97. The Morgan fingerprint density at radius 3 is 2.11 bits per heavy atom. The zero-order valence-corrected chi connectivity index (χ0v) is 16.5. The average molecular weight is 376 g/mol. The van der Waals surface area contributed by atoms with Gasteiger partial charge in [-0.25, -0.2) is 0 Å². The fraction of sp³-hybridized carbons (Fsp3) is 0.304. The van der Waals surface area contributed by atoms with Crippen molar-refractivity contribution < 1.29 is 4.74 Å². The van der Waals surface area contributed by atoms with Crippen LogP contribution in [0.25, 0.3) is 11.1 Å². The smallest absolute Gasteiger partial charge is 0.250 e. The number of methoxy groups -OCH3 is 1. The Morgan fingerprint density at radius 2 is 1.46 bits per heavy atom. The number of hydrogen-bond acceptors (Lipinski definition) is 5. The van der Waals surface area contributed by atoms with Gasteiger partial charge in [0.05, 0.1) is 12.7 Å². The van der Waals surface area contributed by atoms with Crippen molar-refractivity contribution in [2.24, 2.45) is 0 Å². The molecule has 0 N–H and O–H groups in total. The highest BCUT2D eigenvalue weighted by Gasteiger charge is 2.29. The molecule has 0 unspecified atom stereocenters. The van der Waals surface area contributed by atoms with Crippen molar-refractivity contribution in [3.8, 4) is 16.9 Å². The molecule has 0 saturated carbocycles. The first kappa shape index (κ1) is 18.3. The van der Waals surface area contributed by atoms with E-state index in [-0.39, 0.29) is 5.43 Å². The summed E-state index contributed by atoms with van der Waals surface area (Å²) in [4.78, 5) is 29.0. The molecule has 1 saturated heterocycles. The van der Waals surface area contributed by atoms with Crippen molar-refractivity contribution in [1.29, 1.82) is 0 Å². The Bertz CT molecular complexity index is 1070. The van der Waals surface area contributed by atoms with Crippen LogP contribution in [0.1, 0.15) is 11.1 Å². The molecule has 3 aromatic carbocycles. The van der Waals surface area contributed by atoms with E-state index in [9.17, 15) is 9.59 Å². The van der Waals surface area contributed by atoms with Gasteiger partial charge in [0.15, 0.2) is 0 Å². The van der Waals surface area contributed by atoms with Gasteiger partial charge in [-0.05, 0) is 48.7 Å². The molecule has 0 atom stereocenters. The van der Waals surface area contributed by atoms with Crippen molar-refractivity contribution in [3.63, 3.8) is 0 Å². The first-order chi connectivity index (χ1) is 13.5. The standard InChI is InChI=1S/C23H24N2O3/c1-15-5-4-6-19(16(15)2)24-11-13-25(14-12-24)21-20(22(26)23(21)27)17-7-9-18(28-3)10-8-17/h4-10H,11-14H2,1-3H3. The summed E-state index contributed by atoms with van der Waals surface area (Å²) in [6.45, 7) is 7.37. The van der Waals surface area contributed by atoms with E-state index < -0.39 is 5.43 Å². The van der Waals surface area contributed by atoms with Gasteiger partial charge in [-0.3, -0.25) is 9.59 Å². The van der Waals surface area contributed by atoms with E-state index in [0.717, 1.165) is 37.5 Å². The van der Waals surface area contributed by atoms with Gasteiger partial charge in [0.1, 0.15) is 11.4 Å². The van der Waals surface area contributed by atoms with Gasteiger partial charge < -0.3 is 14.5 Å². The molecule has 0 amide bonds. The lowest BCUT2D eigenvalue weighted by Crippen LogP contribution is -2.51. The number of anilines is 2. The second-order valence-corrected chi connectivity index (χ2v) is 7.30. The minimum absolute atomic E-state index is 0.369. The molecular formula is C23H24N2O3. The maximum atomic E-state index is 12.3. The van der Waals surface area contributed by atoms with E-state index in [4.69, 9.17) is 4.74 Å². The molecule has 0 aliphatic carbocycles. The van der Waals surface area contributed by atoms with Crippen molar-refractivity contribution >= 4 is 11.4 Å². The molecule has 5 heteroatoms. The van der Waals surface area contributed by atoms with E-state index in [1.54, 1.807) is 7.11 Å². The van der Waals surface area contributed by atoms with Crippen LogP contribution in [-0.2, 0) is 0 Å². The van der Waals surface area contributed by atoms with Gasteiger partial charge in [0, 0.05) is 31.9 Å². The lowest BCUT2D eigenvalue weighted by molar-refractivity contribution is 0.415. The molecule has 0 aromatic heterocycles. The van der Waals surface area contributed by atoms with Gasteiger partial charge in [0.25, 0.3) is 0 Å². The summed E-state index contributed by atoms with van der Waals surface area (Å²) in [5, 5.41) is 0. The maximum Gasteiger partial charge on any atom is 0.250 e. The molecule has 28 heavy (non-hydrogen) atoms. The van der Waals surface area contributed by atoms with Gasteiger partial charge in [0.2, 0.25) is 10.9 Å². The summed E-state index contributed by atoms with van der Waals surface area (Å²) in [5.74, 6) is 0.728. The molecular weight excluding hydrogens is 352 g/mol. The Kier molecular flexibility index (Phi) is 4.67. The molecule has 0 spiro atoms. The van der Waals surface area contributed by atoms with Crippen molar-refractivity contribution in [3.05, 3.63) is 74.0 Å². The average Bonchev–Trinajstić information content (AvgIpc) is 2.73. The second kappa shape index (κ2) is 7.15. The van der Waals surface area contributed by atoms with Crippen molar-refractivity contribution in [2.45, 2.75) is 13.8 Å². The molecule has 3 aromatic rings. The Balaban J connectivity index is 1.56. The summed E-state index contributed by atoms with van der Waals surface area (Å²) >= 11 is 0. The SMILES string of the molecule is COc1ccc(-c2c(N3CCN(c4cccc(C)c4C)CC3)c(=O)c2=O)cc1. The topological polar surface area (TPSA) is 49.9 Å². The Morgan fingerprint density at radius 1 is 0.821 bits per heavy atom. The molecule has 1 heterocycles. The van der Waals surface area contributed by atoms with Gasteiger partial charge in [-0.15, -0.1) is 0 Å². The number of ether oxygens (including phenoxy) is 1. The largest absolute Gasteiger partial charge is 0.497 e. The molecule has 1 aliphatic rings. The summed E-state index contributed by atoms with van der Waals surface area (Å²) < 4.78 is 5.18. The first-order valence-corrected chi connectivity index (χ1v) is 9.55. The zero-order chi connectivity index (χ0) is 19.8. The fourth-order valence-corrected chi connectivity index (χ4v) is 3.96. The van der Waals surface area contributed by atoms with Crippen LogP contribution in [0.5, 0.6) is 5.75 Å². The highest BCUT2D eigenvalue weighted by Crippen LogP contribution is 2.30. The minimum Gasteiger partial charge on any atom is -0.497 e. The zero-order valence-electron chi connectivity index (χ0n) is 16.5. The Hall–Kier alpha value is -3.08. The number of hydrogen-bond donors (Lipinski definition) is 0. The normalized spacial score (nSPS) is 14.5. The fourth-order valence-electron chi connectivity index (χ4n) is 3.96. The molecule has 0 bridgehead atoms. The van der Waals surface area contributed by atoms with E-state index in [0.29, 0.717) is 11.3 Å². The summed E-state index contributed by atoms with van der Waals surface area (Å²) in [6.07, 6.45) is 0. The molecule has 4 rings (SSSR count). The number of rotatable bonds is 4. The summed E-state index contributed by atoms with van der Waals surface area (Å²) in [5.41, 5.74) is 4.94. The van der Waals surface area contributed by atoms with Gasteiger partial charge in [-0.2, -0.15) is 0 Å². The third-order valence-corrected chi connectivity index (χ3v) is 5.78.